The second kappa shape index (κ2) is 3.53. The fourth-order valence-corrected chi connectivity index (χ4v) is 1.60. The summed E-state index contributed by atoms with van der Waals surface area (Å²) in [6.45, 7) is 0. The standard InChI is InChI=1S/C7H3BrCl2N2/c8-4-1-3(2-11)7(12)6(10)5(4)9/h1H,12H2. The zero-order valence-electron chi connectivity index (χ0n) is 5.74. The van der Waals surface area contributed by atoms with E-state index in [4.69, 9.17) is 34.2 Å². The van der Waals surface area contributed by atoms with Crippen molar-refractivity contribution in [3.8, 4) is 6.07 Å². The van der Waals surface area contributed by atoms with Gasteiger partial charge in [0.25, 0.3) is 0 Å². The number of benzene rings is 1. The van der Waals surface area contributed by atoms with Crippen molar-refractivity contribution in [2.45, 2.75) is 0 Å². The Morgan fingerprint density at radius 2 is 2.00 bits per heavy atom. The first kappa shape index (κ1) is 9.66. The zero-order valence-corrected chi connectivity index (χ0v) is 8.83. The molecule has 1 aromatic rings. The summed E-state index contributed by atoms with van der Waals surface area (Å²) in [5.74, 6) is 0. The molecule has 0 heterocycles. The Balaban J connectivity index is 3.52. The van der Waals surface area contributed by atoms with Crippen LogP contribution in [0.5, 0.6) is 0 Å². The molecule has 2 N–H and O–H groups in total. The van der Waals surface area contributed by atoms with Gasteiger partial charge in [0.05, 0.1) is 21.3 Å². The predicted molar refractivity (Wildman–Crippen MR) is 53.3 cm³/mol. The number of nitrogens with zero attached hydrogens (tertiary/aromatic N) is 1. The number of hydrogen-bond acceptors (Lipinski definition) is 2. The van der Waals surface area contributed by atoms with Crippen LogP contribution >= 0.6 is 39.1 Å². The van der Waals surface area contributed by atoms with Gasteiger partial charge in [-0.15, -0.1) is 0 Å². The molecule has 0 spiro atoms. The Kier molecular flexibility index (Phi) is 2.84. The maximum Gasteiger partial charge on any atom is 0.101 e. The van der Waals surface area contributed by atoms with Crippen LogP contribution in [0, 0.1) is 11.3 Å². The SMILES string of the molecule is N#Cc1cc(Br)c(Cl)c(Cl)c1N. The normalized spacial score (nSPS) is 9.50. The molecule has 5 heteroatoms. The van der Waals surface area contributed by atoms with Gasteiger partial charge in [-0.05, 0) is 22.0 Å². The molecular formula is C7H3BrCl2N2. The molecule has 0 radical (unpaired) electrons. The molecule has 0 atom stereocenters. The van der Waals surface area contributed by atoms with E-state index in [1.54, 1.807) is 0 Å². The minimum absolute atomic E-state index is 0.211. The Morgan fingerprint density at radius 1 is 1.42 bits per heavy atom. The van der Waals surface area contributed by atoms with E-state index in [2.05, 4.69) is 15.9 Å². The molecule has 0 aliphatic heterocycles. The van der Waals surface area contributed by atoms with E-state index in [0.29, 0.717) is 15.1 Å². The largest absolute Gasteiger partial charge is 0.396 e. The summed E-state index contributed by atoms with van der Waals surface area (Å²) in [5, 5.41) is 9.14. The van der Waals surface area contributed by atoms with Crippen LogP contribution in [0.15, 0.2) is 10.5 Å². The van der Waals surface area contributed by atoms with E-state index in [0.717, 1.165) is 0 Å². The lowest BCUT2D eigenvalue weighted by Gasteiger charge is -2.04. The van der Waals surface area contributed by atoms with Gasteiger partial charge in [0.15, 0.2) is 0 Å². The van der Waals surface area contributed by atoms with Gasteiger partial charge < -0.3 is 5.73 Å². The fourth-order valence-electron chi connectivity index (χ4n) is 0.702. The lowest BCUT2D eigenvalue weighted by Crippen LogP contribution is -1.92. The molecule has 0 saturated heterocycles. The maximum absolute atomic E-state index is 8.61. The number of halogens is 3. The van der Waals surface area contributed by atoms with Crippen molar-refractivity contribution in [3.05, 3.63) is 26.1 Å². The van der Waals surface area contributed by atoms with Gasteiger partial charge in [-0.1, -0.05) is 23.2 Å². The molecule has 0 saturated carbocycles. The number of anilines is 1. The number of nitriles is 1. The highest BCUT2D eigenvalue weighted by atomic mass is 79.9. The van der Waals surface area contributed by atoms with Crippen LogP contribution in [0.4, 0.5) is 5.69 Å². The molecule has 2 nitrogen and oxygen atoms in total. The van der Waals surface area contributed by atoms with E-state index in [9.17, 15) is 0 Å². The van der Waals surface area contributed by atoms with E-state index < -0.39 is 0 Å². The molecule has 1 aromatic carbocycles. The molecule has 0 aromatic heterocycles. The number of rotatable bonds is 0. The minimum Gasteiger partial charge on any atom is -0.396 e. The number of nitrogen functional groups attached to an aromatic ring is 1. The molecule has 0 fully saturated rings. The van der Waals surface area contributed by atoms with Gasteiger partial charge in [-0.3, -0.25) is 0 Å². The Hall–Kier alpha value is -0.430. The highest BCUT2D eigenvalue weighted by Gasteiger charge is 2.10. The zero-order chi connectivity index (χ0) is 9.30. The summed E-state index contributed by atoms with van der Waals surface area (Å²) in [7, 11) is 0. The van der Waals surface area contributed by atoms with Crippen LogP contribution in [-0.2, 0) is 0 Å². The van der Waals surface area contributed by atoms with Crippen LogP contribution in [-0.4, -0.2) is 0 Å². The topological polar surface area (TPSA) is 49.8 Å². The van der Waals surface area contributed by atoms with E-state index in [1.807, 2.05) is 6.07 Å². The molecule has 62 valence electrons. The summed E-state index contributed by atoms with van der Waals surface area (Å²) in [5.41, 5.74) is 6.03. The van der Waals surface area contributed by atoms with Gasteiger partial charge in [0, 0.05) is 4.47 Å². The van der Waals surface area contributed by atoms with Crippen LogP contribution in [0.2, 0.25) is 10.0 Å². The second-order valence-electron chi connectivity index (χ2n) is 2.06. The van der Waals surface area contributed by atoms with Crippen molar-refractivity contribution in [2.24, 2.45) is 0 Å². The lowest BCUT2D eigenvalue weighted by atomic mass is 10.2. The molecule has 1 rings (SSSR count). The Labute approximate surface area is 88.0 Å². The monoisotopic (exact) mass is 264 g/mol. The number of nitrogens with two attached hydrogens (primary N) is 1. The Bertz CT molecular complexity index is 371. The van der Waals surface area contributed by atoms with Crippen molar-refractivity contribution in [1.82, 2.24) is 0 Å². The molecule has 0 aliphatic rings. The first-order valence-electron chi connectivity index (χ1n) is 2.91. The Morgan fingerprint density at radius 3 is 2.50 bits per heavy atom. The molecule has 0 aliphatic carbocycles. The first-order chi connectivity index (χ1) is 5.57. The van der Waals surface area contributed by atoms with E-state index in [1.165, 1.54) is 6.07 Å². The summed E-state index contributed by atoms with van der Waals surface area (Å²) >= 11 is 14.6. The third-order valence-corrected chi connectivity index (χ3v) is 3.06. The third kappa shape index (κ3) is 1.51. The van der Waals surface area contributed by atoms with Crippen molar-refractivity contribution < 1.29 is 0 Å². The summed E-state index contributed by atoms with van der Waals surface area (Å²) in [6.07, 6.45) is 0. The van der Waals surface area contributed by atoms with Gasteiger partial charge >= 0.3 is 0 Å². The quantitative estimate of drug-likeness (QED) is 0.579. The van der Waals surface area contributed by atoms with Crippen LogP contribution in [0.3, 0.4) is 0 Å². The van der Waals surface area contributed by atoms with Crippen LogP contribution < -0.4 is 5.73 Å². The predicted octanol–water partition coefficient (Wildman–Crippen LogP) is 3.21. The molecule has 0 bridgehead atoms. The van der Waals surface area contributed by atoms with Crippen molar-refractivity contribution in [2.75, 3.05) is 5.73 Å². The summed E-state index contributed by atoms with van der Waals surface area (Å²) in [6, 6.07) is 3.44. The lowest BCUT2D eigenvalue weighted by molar-refractivity contribution is 1.47. The molecule has 0 amide bonds. The minimum atomic E-state index is 0.211. The molecular weight excluding hydrogens is 263 g/mol. The average Bonchev–Trinajstić information content (AvgIpc) is 2.08. The number of hydrogen-bond donors (Lipinski definition) is 1. The van der Waals surface area contributed by atoms with Crippen molar-refractivity contribution >= 4 is 44.8 Å². The van der Waals surface area contributed by atoms with E-state index in [-0.39, 0.29) is 10.7 Å². The van der Waals surface area contributed by atoms with Crippen LogP contribution in [0.25, 0.3) is 0 Å². The first-order valence-corrected chi connectivity index (χ1v) is 4.46. The molecule has 0 unspecified atom stereocenters. The van der Waals surface area contributed by atoms with Gasteiger partial charge in [-0.25, -0.2) is 0 Å². The third-order valence-electron chi connectivity index (χ3n) is 1.32. The second-order valence-corrected chi connectivity index (χ2v) is 3.67. The van der Waals surface area contributed by atoms with Gasteiger partial charge in [-0.2, -0.15) is 5.26 Å². The van der Waals surface area contributed by atoms with E-state index >= 15 is 0 Å². The van der Waals surface area contributed by atoms with Gasteiger partial charge in [0.1, 0.15) is 6.07 Å². The maximum atomic E-state index is 8.61. The fraction of sp³-hybridized carbons (Fsp3) is 0. The smallest absolute Gasteiger partial charge is 0.101 e. The average molecular weight is 266 g/mol. The summed E-state index contributed by atoms with van der Waals surface area (Å²) < 4.78 is 0.569. The highest BCUT2D eigenvalue weighted by molar-refractivity contribution is 9.10. The van der Waals surface area contributed by atoms with Crippen molar-refractivity contribution in [1.29, 1.82) is 5.26 Å². The van der Waals surface area contributed by atoms with Crippen LogP contribution in [0.1, 0.15) is 5.56 Å². The van der Waals surface area contributed by atoms with Gasteiger partial charge in [0.2, 0.25) is 0 Å². The molecule has 12 heavy (non-hydrogen) atoms. The highest BCUT2D eigenvalue weighted by Crippen LogP contribution is 2.36. The van der Waals surface area contributed by atoms with Crippen molar-refractivity contribution in [3.63, 3.8) is 0 Å². The summed E-state index contributed by atoms with van der Waals surface area (Å²) in [4.78, 5) is 0.